The van der Waals surface area contributed by atoms with E-state index in [4.69, 9.17) is 11.6 Å². The molecule has 0 saturated carbocycles. The Morgan fingerprint density at radius 2 is 1.73 bits per heavy atom. The molecule has 15 heavy (non-hydrogen) atoms. The van der Waals surface area contributed by atoms with Crippen molar-refractivity contribution in [2.75, 3.05) is 0 Å². The van der Waals surface area contributed by atoms with Gasteiger partial charge in [0, 0.05) is 0 Å². The number of halogens is 4. The third kappa shape index (κ3) is 3.75. The van der Waals surface area contributed by atoms with E-state index < -0.39 is 17.0 Å². The van der Waals surface area contributed by atoms with Gasteiger partial charge in [-0.1, -0.05) is 18.2 Å². The van der Waals surface area contributed by atoms with E-state index in [9.17, 15) is 18.0 Å². The van der Waals surface area contributed by atoms with Crippen LogP contribution in [0.5, 0.6) is 0 Å². The molecule has 80 valence electrons. The van der Waals surface area contributed by atoms with Gasteiger partial charge >= 0.3 is 6.18 Å². The predicted octanol–water partition coefficient (Wildman–Crippen LogP) is 3.48. The zero-order valence-corrected chi connectivity index (χ0v) is 8.14. The molecule has 0 amide bonds. The fraction of sp³-hybridized carbons (Fsp3) is 0.100. The van der Waals surface area contributed by atoms with Gasteiger partial charge in [0.05, 0.1) is 5.56 Å². The molecule has 0 spiro atoms. The molecule has 0 aromatic heterocycles. The van der Waals surface area contributed by atoms with Crippen LogP contribution in [0.3, 0.4) is 0 Å². The lowest BCUT2D eigenvalue weighted by atomic mass is 10.1. The number of hydrogen-bond acceptors (Lipinski definition) is 1. The SMILES string of the molecule is O=C(Cl)C=Cc1ccc(C(F)(F)F)cc1. The summed E-state index contributed by atoms with van der Waals surface area (Å²) in [7, 11) is 0. The lowest BCUT2D eigenvalue weighted by Crippen LogP contribution is -2.03. The van der Waals surface area contributed by atoms with Crippen LogP contribution in [0, 0.1) is 0 Å². The average Bonchev–Trinajstić information content (AvgIpc) is 2.14. The summed E-state index contributed by atoms with van der Waals surface area (Å²) in [4.78, 5) is 10.3. The number of rotatable bonds is 2. The minimum atomic E-state index is -4.34. The Morgan fingerprint density at radius 3 is 2.13 bits per heavy atom. The van der Waals surface area contributed by atoms with Gasteiger partial charge in [-0.3, -0.25) is 4.79 Å². The highest BCUT2D eigenvalue weighted by atomic mass is 35.5. The molecule has 0 aliphatic heterocycles. The summed E-state index contributed by atoms with van der Waals surface area (Å²) in [5, 5.41) is -0.671. The summed E-state index contributed by atoms with van der Waals surface area (Å²) in [5.41, 5.74) is -0.242. The van der Waals surface area contributed by atoms with Crippen molar-refractivity contribution in [3.63, 3.8) is 0 Å². The molecular weight excluding hydrogens is 229 g/mol. The Kier molecular flexibility index (Phi) is 3.52. The maximum Gasteiger partial charge on any atom is 0.416 e. The van der Waals surface area contributed by atoms with Gasteiger partial charge in [-0.15, -0.1) is 0 Å². The van der Waals surface area contributed by atoms with Gasteiger partial charge in [-0.05, 0) is 35.4 Å². The van der Waals surface area contributed by atoms with Crippen molar-refractivity contribution in [2.45, 2.75) is 6.18 Å². The van der Waals surface area contributed by atoms with Crippen LogP contribution in [0.1, 0.15) is 11.1 Å². The molecule has 0 atom stereocenters. The summed E-state index contributed by atoms with van der Waals surface area (Å²) in [6.45, 7) is 0. The highest BCUT2D eigenvalue weighted by Gasteiger charge is 2.29. The van der Waals surface area contributed by atoms with E-state index in [1.165, 1.54) is 18.2 Å². The highest BCUT2D eigenvalue weighted by molar-refractivity contribution is 6.66. The zero-order chi connectivity index (χ0) is 11.5. The molecule has 0 radical (unpaired) electrons. The van der Waals surface area contributed by atoms with E-state index in [1.54, 1.807) is 0 Å². The molecule has 1 aromatic rings. The molecule has 0 heterocycles. The van der Waals surface area contributed by atoms with E-state index in [1.807, 2.05) is 0 Å². The van der Waals surface area contributed by atoms with Gasteiger partial charge in [-0.25, -0.2) is 0 Å². The van der Waals surface area contributed by atoms with Crippen molar-refractivity contribution in [1.29, 1.82) is 0 Å². The first-order valence-corrected chi connectivity index (χ1v) is 4.32. The second kappa shape index (κ2) is 4.49. The summed E-state index contributed by atoms with van der Waals surface area (Å²) < 4.78 is 36.4. The van der Waals surface area contributed by atoms with Crippen LogP contribution in [0.4, 0.5) is 13.2 Å². The van der Waals surface area contributed by atoms with E-state index >= 15 is 0 Å². The quantitative estimate of drug-likeness (QED) is 0.566. The third-order valence-corrected chi connectivity index (χ3v) is 1.77. The van der Waals surface area contributed by atoms with Crippen molar-refractivity contribution in [3.8, 4) is 0 Å². The average molecular weight is 235 g/mol. The number of alkyl halides is 3. The molecule has 0 N–H and O–H groups in total. The molecule has 1 nitrogen and oxygen atoms in total. The third-order valence-electron chi connectivity index (χ3n) is 1.64. The van der Waals surface area contributed by atoms with Crippen LogP contribution in [0.15, 0.2) is 30.3 Å². The van der Waals surface area contributed by atoms with Crippen LogP contribution >= 0.6 is 11.6 Å². The van der Waals surface area contributed by atoms with Crippen molar-refractivity contribution in [1.82, 2.24) is 0 Å². The molecule has 5 heteroatoms. The molecule has 1 rings (SSSR count). The number of benzene rings is 1. The van der Waals surface area contributed by atoms with E-state index in [0.29, 0.717) is 5.56 Å². The van der Waals surface area contributed by atoms with Gasteiger partial charge in [0.1, 0.15) is 0 Å². The van der Waals surface area contributed by atoms with Crippen LogP contribution in [0.2, 0.25) is 0 Å². The Bertz CT molecular complexity index is 379. The maximum absolute atomic E-state index is 12.1. The lowest BCUT2D eigenvalue weighted by Gasteiger charge is -2.05. The molecule has 0 aliphatic carbocycles. The Balaban J connectivity index is 2.86. The van der Waals surface area contributed by atoms with E-state index in [-0.39, 0.29) is 0 Å². The smallest absolute Gasteiger partial charge is 0.276 e. The molecule has 0 bridgehead atoms. The molecular formula is C10H6ClF3O. The number of allylic oxidation sites excluding steroid dienone is 1. The van der Waals surface area contributed by atoms with Crippen molar-refractivity contribution < 1.29 is 18.0 Å². The number of carbonyl (C=O) groups is 1. The van der Waals surface area contributed by atoms with Crippen molar-refractivity contribution in [3.05, 3.63) is 41.5 Å². The first kappa shape index (κ1) is 11.8. The van der Waals surface area contributed by atoms with Crippen LogP contribution in [-0.2, 0) is 11.0 Å². The predicted molar refractivity (Wildman–Crippen MR) is 51.3 cm³/mol. The largest absolute Gasteiger partial charge is 0.416 e. The van der Waals surface area contributed by atoms with E-state index in [2.05, 4.69) is 0 Å². The summed E-state index contributed by atoms with van der Waals surface area (Å²) in [6.07, 6.45) is -1.93. The normalized spacial score (nSPS) is 12.0. The van der Waals surface area contributed by atoms with Crippen molar-refractivity contribution >= 4 is 22.9 Å². The lowest BCUT2D eigenvalue weighted by molar-refractivity contribution is -0.137. The second-order valence-corrected chi connectivity index (χ2v) is 3.13. The molecule has 1 aromatic carbocycles. The van der Waals surface area contributed by atoms with Crippen LogP contribution < -0.4 is 0 Å². The highest BCUT2D eigenvalue weighted by Crippen LogP contribution is 2.29. The Labute approximate surface area is 89.2 Å². The first-order valence-electron chi connectivity index (χ1n) is 3.94. The van der Waals surface area contributed by atoms with Gasteiger partial charge in [0.25, 0.3) is 0 Å². The minimum Gasteiger partial charge on any atom is -0.276 e. The standard InChI is InChI=1S/C10H6ClF3O/c11-9(15)6-3-7-1-4-8(5-2-7)10(12,13)14/h1-6H. The summed E-state index contributed by atoms with van der Waals surface area (Å²) >= 11 is 5.03. The molecule has 0 fully saturated rings. The second-order valence-electron chi connectivity index (χ2n) is 2.76. The Hall–Kier alpha value is -1.29. The molecule has 0 aliphatic rings. The van der Waals surface area contributed by atoms with Gasteiger partial charge in [0.15, 0.2) is 0 Å². The van der Waals surface area contributed by atoms with Gasteiger partial charge < -0.3 is 0 Å². The molecule has 0 saturated heterocycles. The first-order chi connectivity index (χ1) is 6.89. The molecule has 0 unspecified atom stereocenters. The summed E-state index contributed by atoms with van der Waals surface area (Å²) in [6, 6.07) is 4.41. The minimum absolute atomic E-state index is 0.483. The van der Waals surface area contributed by atoms with Gasteiger partial charge in [-0.2, -0.15) is 13.2 Å². The number of carbonyl (C=O) groups excluding carboxylic acids is 1. The topological polar surface area (TPSA) is 17.1 Å². The Morgan fingerprint density at radius 1 is 1.20 bits per heavy atom. The fourth-order valence-corrected chi connectivity index (χ4v) is 1.01. The number of hydrogen-bond donors (Lipinski definition) is 0. The van der Waals surface area contributed by atoms with E-state index in [0.717, 1.165) is 18.2 Å². The monoisotopic (exact) mass is 234 g/mol. The van der Waals surface area contributed by atoms with Crippen LogP contribution in [-0.4, -0.2) is 5.24 Å². The van der Waals surface area contributed by atoms with Crippen molar-refractivity contribution in [2.24, 2.45) is 0 Å². The maximum atomic E-state index is 12.1. The van der Waals surface area contributed by atoms with Gasteiger partial charge in [0.2, 0.25) is 5.24 Å². The zero-order valence-electron chi connectivity index (χ0n) is 7.38. The van der Waals surface area contributed by atoms with Crippen LogP contribution in [0.25, 0.3) is 6.08 Å². The fourth-order valence-electron chi connectivity index (χ4n) is 0.945. The summed E-state index contributed by atoms with van der Waals surface area (Å²) in [5.74, 6) is 0.